The van der Waals surface area contributed by atoms with Gasteiger partial charge in [0.15, 0.2) is 5.78 Å². The first-order valence-electron chi connectivity index (χ1n) is 11.7. The van der Waals surface area contributed by atoms with Crippen LogP contribution < -0.4 is 10.9 Å². The lowest BCUT2D eigenvalue weighted by Gasteiger charge is -2.19. The number of aryl methyl sites for hydroxylation is 1. The van der Waals surface area contributed by atoms with Crippen molar-refractivity contribution in [3.8, 4) is 16.9 Å². The Hall–Kier alpha value is -4.39. The molecule has 0 saturated heterocycles. The van der Waals surface area contributed by atoms with E-state index in [9.17, 15) is 19.5 Å². The predicted molar refractivity (Wildman–Crippen MR) is 135 cm³/mol. The summed E-state index contributed by atoms with van der Waals surface area (Å²) in [4.78, 5) is 37.2. The summed E-state index contributed by atoms with van der Waals surface area (Å²) in [7, 11) is 0. The summed E-state index contributed by atoms with van der Waals surface area (Å²) in [6.07, 6.45) is -0.635. The number of nitrogens with one attached hydrogen (secondary N) is 1. The number of aromatic hydroxyl groups is 1. The topological polar surface area (TPSA) is 106 Å². The van der Waals surface area contributed by atoms with Crippen LogP contribution in [0.4, 0.5) is 4.79 Å². The molecule has 0 aliphatic heterocycles. The third-order valence-electron chi connectivity index (χ3n) is 6.70. The number of carbonyl (C=O) groups excluding carboxylic acids is 2. The van der Waals surface area contributed by atoms with Gasteiger partial charge in [-0.15, -0.1) is 0 Å². The fourth-order valence-corrected chi connectivity index (χ4v) is 4.84. The molecule has 3 aromatic carbocycles. The quantitative estimate of drug-likeness (QED) is 0.380. The van der Waals surface area contributed by atoms with Gasteiger partial charge in [-0.1, -0.05) is 48.5 Å². The van der Waals surface area contributed by atoms with Crippen molar-refractivity contribution in [3.63, 3.8) is 0 Å². The number of hydrogen-bond donors (Lipinski definition) is 2. The SMILES string of the molecule is CC(=O)[C@H](Cc1cc(=O)oc2cc(O)c(C)cc12)NC(=O)OCC1c2ccccc2-c2ccccc21. The van der Waals surface area contributed by atoms with Crippen LogP contribution in [0.1, 0.15) is 35.1 Å². The van der Waals surface area contributed by atoms with E-state index in [2.05, 4.69) is 17.4 Å². The van der Waals surface area contributed by atoms with Crippen molar-refractivity contribution < 1.29 is 23.8 Å². The second kappa shape index (κ2) is 9.34. The van der Waals surface area contributed by atoms with E-state index in [4.69, 9.17) is 9.15 Å². The maximum absolute atomic E-state index is 12.8. The fraction of sp³-hybridized carbons (Fsp3) is 0.207. The molecule has 2 N–H and O–H groups in total. The molecule has 0 fully saturated rings. The molecule has 0 spiro atoms. The van der Waals surface area contributed by atoms with Gasteiger partial charge in [0.2, 0.25) is 0 Å². The van der Waals surface area contributed by atoms with E-state index in [1.807, 2.05) is 36.4 Å². The smallest absolute Gasteiger partial charge is 0.407 e. The minimum Gasteiger partial charge on any atom is -0.508 e. The zero-order valence-corrected chi connectivity index (χ0v) is 19.9. The Morgan fingerprint density at radius 3 is 2.31 bits per heavy atom. The number of phenolic OH excluding ortho intramolecular Hbond substituents is 1. The Morgan fingerprint density at radius 2 is 1.67 bits per heavy atom. The molecule has 4 aromatic rings. The average molecular weight is 484 g/mol. The van der Waals surface area contributed by atoms with E-state index in [0.29, 0.717) is 16.5 Å². The van der Waals surface area contributed by atoms with Crippen LogP contribution in [-0.4, -0.2) is 29.6 Å². The number of rotatable bonds is 6. The number of fused-ring (bicyclic) bond motifs is 4. The van der Waals surface area contributed by atoms with E-state index in [1.54, 1.807) is 13.0 Å². The first kappa shape index (κ1) is 23.4. The van der Waals surface area contributed by atoms with Crippen LogP contribution in [-0.2, 0) is 16.0 Å². The zero-order valence-electron chi connectivity index (χ0n) is 19.9. The molecule has 0 bridgehead atoms. The summed E-state index contributed by atoms with van der Waals surface area (Å²) >= 11 is 0. The van der Waals surface area contributed by atoms with Gasteiger partial charge in [-0.05, 0) is 53.3 Å². The third-order valence-corrected chi connectivity index (χ3v) is 6.70. The van der Waals surface area contributed by atoms with E-state index in [-0.39, 0.29) is 36.1 Å². The number of phenols is 1. The summed E-state index contributed by atoms with van der Waals surface area (Å²) in [6.45, 7) is 3.22. The number of ketones is 1. The summed E-state index contributed by atoms with van der Waals surface area (Å²) in [5.74, 6) is -0.375. The molecule has 1 atom stereocenters. The highest BCUT2D eigenvalue weighted by Crippen LogP contribution is 2.44. The van der Waals surface area contributed by atoms with Crippen LogP contribution in [0.5, 0.6) is 5.75 Å². The van der Waals surface area contributed by atoms with Gasteiger partial charge in [-0.2, -0.15) is 0 Å². The lowest BCUT2D eigenvalue weighted by atomic mass is 9.98. The van der Waals surface area contributed by atoms with E-state index in [0.717, 1.165) is 22.3 Å². The molecule has 1 aliphatic rings. The van der Waals surface area contributed by atoms with E-state index >= 15 is 0 Å². The van der Waals surface area contributed by atoms with Crippen molar-refractivity contribution >= 4 is 22.8 Å². The van der Waals surface area contributed by atoms with Crippen molar-refractivity contribution in [2.75, 3.05) is 6.61 Å². The molecular weight excluding hydrogens is 458 g/mol. The van der Waals surface area contributed by atoms with Crippen molar-refractivity contribution in [3.05, 3.63) is 99.4 Å². The molecule has 1 heterocycles. The van der Waals surface area contributed by atoms with Gasteiger partial charge in [-0.25, -0.2) is 9.59 Å². The lowest BCUT2D eigenvalue weighted by molar-refractivity contribution is -0.118. The highest BCUT2D eigenvalue weighted by Gasteiger charge is 2.29. The van der Waals surface area contributed by atoms with Gasteiger partial charge in [0.05, 0.1) is 6.04 Å². The van der Waals surface area contributed by atoms with Crippen LogP contribution in [0.2, 0.25) is 0 Å². The largest absolute Gasteiger partial charge is 0.508 e. The Balaban J connectivity index is 1.33. The molecule has 1 aromatic heterocycles. The van der Waals surface area contributed by atoms with Crippen molar-refractivity contribution in [2.45, 2.75) is 32.2 Å². The lowest BCUT2D eigenvalue weighted by Crippen LogP contribution is -2.42. The summed E-state index contributed by atoms with van der Waals surface area (Å²) in [6, 6.07) is 19.5. The van der Waals surface area contributed by atoms with Crippen LogP contribution in [0.15, 0.2) is 75.9 Å². The molecule has 0 radical (unpaired) electrons. The molecule has 5 rings (SSSR count). The van der Waals surface area contributed by atoms with Crippen LogP contribution >= 0.6 is 0 Å². The molecule has 7 heteroatoms. The van der Waals surface area contributed by atoms with Gasteiger partial charge in [0.1, 0.15) is 17.9 Å². The molecule has 0 saturated carbocycles. The Kier molecular flexibility index (Phi) is 6.06. The minimum atomic E-state index is -0.903. The number of amides is 1. The highest BCUT2D eigenvalue weighted by atomic mass is 16.5. The summed E-state index contributed by atoms with van der Waals surface area (Å²) in [5, 5.41) is 13.2. The van der Waals surface area contributed by atoms with Crippen LogP contribution in [0, 0.1) is 6.92 Å². The minimum absolute atomic E-state index is 0.00248. The second-order valence-corrected chi connectivity index (χ2v) is 9.06. The Bertz CT molecular complexity index is 1510. The molecular formula is C29H25NO6. The molecule has 36 heavy (non-hydrogen) atoms. The normalized spacial score (nSPS) is 13.2. The average Bonchev–Trinajstić information content (AvgIpc) is 3.17. The van der Waals surface area contributed by atoms with Gasteiger partial charge in [0, 0.05) is 29.9 Å². The number of hydrogen-bond acceptors (Lipinski definition) is 6. The van der Waals surface area contributed by atoms with Crippen LogP contribution in [0.25, 0.3) is 22.1 Å². The number of ether oxygens (including phenoxy) is 1. The number of benzene rings is 3. The molecule has 182 valence electrons. The third kappa shape index (κ3) is 4.35. The summed E-state index contributed by atoms with van der Waals surface area (Å²) < 4.78 is 10.8. The van der Waals surface area contributed by atoms with Gasteiger partial charge < -0.3 is 19.6 Å². The van der Waals surface area contributed by atoms with Crippen molar-refractivity contribution in [2.24, 2.45) is 0 Å². The fourth-order valence-electron chi connectivity index (χ4n) is 4.84. The molecule has 7 nitrogen and oxygen atoms in total. The monoisotopic (exact) mass is 483 g/mol. The standard InChI is InChI=1S/C29H25NO6/c1-16-11-23-18(13-28(33)36-27(23)14-26(16)32)12-25(17(2)31)30-29(34)35-15-24-21-9-5-3-7-19(21)20-8-4-6-10-22(20)24/h3-11,13-14,24-25,32H,12,15H2,1-2H3,(H,30,34)/t25-/m0/s1. The first-order valence-corrected chi connectivity index (χ1v) is 11.7. The Morgan fingerprint density at radius 1 is 1.03 bits per heavy atom. The zero-order chi connectivity index (χ0) is 25.4. The second-order valence-electron chi connectivity index (χ2n) is 9.06. The van der Waals surface area contributed by atoms with Gasteiger partial charge in [0.25, 0.3) is 0 Å². The maximum atomic E-state index is 12.8. The molecule has 1 amide bonds. The van der Waals surface area contributed by atoms with E-state index in [1.165, 1.54) is 19.1 Å². The Labute approximate surface area is 207 Å². The van der Waals surface area contributed by atoms with Crippen LogP contribution in [0.3, 0.4) is 0 Å². The van der Waals surface area contributed by atoms with Crippen molar-refractivity contribution in [1.29, 1.82) is 0 Å². The highest BCUT2D eigenvalue weighted by molar-refractivity contribution is 5.88. The van der Waals surface area contributed by atoms with Gasteiger partial charge in [-0.3, -0.25) is 4.79 Å². The van der Waals surface area contributed by atoms with E-state index < -0.39 is 17.8 Å². The predicted octanol–water partition coefficient (Wildman–Crippen LogP) is 4.85. The number of carbonyl (C=O) groups is 2. The van der Waals surface area contributed by atoms with Gasteiger partial charge >= 0.3 is 11.7 Å². The van der Waals surface area contributed by atoms with Crippen molar-refractivity contribution in [1.82, 2.24) is 5.32 Å². The first-order chi connectivity index (χ1) is 17.3. The molecule has 1 aliphatic carbocycles. The molecule has 0 unspecified atom stereocenters. The number of Topliss-reactive ketones (excluding diaryl/α,β-unsaturated/α-hetero) is 1. The maximum Gasteiger partial charge on any atom is 0.407 e. The summed E-state index contributed by atoms with van der Waals surface area (Å²) in [5.41, 5.74) is 5.17. The number of alkyl carbamates (subject to hydrolysis) is 1.